The van der Waals surface area contributed by atoms with Crippen molar-refractivity contribution in [1.29, 1.82) is 5.41 Å². The molecule has 2 rings (SSSR count). The van der Waals surface area contributed by atoms with Crippen LogP contribution in [0.3, 0.4) is 0 Å². The number of hydrogen-bond donors (Lipinski definition) is 2. The summed E-state index contributed by atoms with van der Waals surface area (Å²) in [6.07, 6.45) is 3.48. The molecule has 2 aromatic rings. The van der Waals surface area contributed by atoms with E-state index in [1.54, 1.807) is 12.5 Å². The lowest BCUT2D eigenvalue weighted by Gasteiger charge is -2.03. The fraction of sp³-hybridized carbons (Fsp3) is 0.167. The molecule has 4 nitrogen and oxygen atoms in total. The average molecular weight is 214 g/mol. The van der Waals surface area contributed by atoms with Gasteiger partial charge in [0.25, 0.3) is 0 Å². The molecule has 0 bridgehead atoms. The first-order valence-corrected chi connectivity index (χ1v) is 5.07. The molecular formula is C12H14N4. The summed E-state index contributed by atoms with van der Waals surface area (Å²) in [6.45, 7) is 2.82. The second-order valence-electron chi connectivity index (χ2n) is 3.83. The van der Waals surface area contributed by atoms with Gasteiger partial charge >= 0.3 is 0 Å². The molecule has 82 valence electrons. The topological polar surface area (TPSA) is 67.7 Å². The maximum Gasteiger partial charge on any atom is 0.143 e. The normalized spacial score (nSPS) is 10.3. The van der Waals surface area contributed by atoms with Gasteiger partial charge in [0.2, 0.25) is 0 Å². The van der Waals surface area contributed by atoms with Gasteiger partial charge in [-0.15, -0.1) is 0 Å². The Hall–Kier alpha value is -2.10. The largest absolute Gasteiger partial charge is 0.382 e. The molecule has 1 heterocycles. The summed E-state index contributed by atoms with van der Waals surface area (Å²) in [4.78, 5) is 4.05. The van der Waals surface area contributed by atoms with E-state index in [4.69, 9.17) is 11.1 Å². The molecule has 1 aromatic heterocycles. The van der Waals surface area contributed by atoms with Crippen molar-refractivity contribution in [3.8, 4) is 0 Å². The Morgan fingerprint density at radius 1 is 1.50 bits per heavy atom. The summed E-state index contributed by atoms with van der Waals surface area (Å²) in [7, 11) is 0. The third-order valence-electron chi connectivity index (χ3n) is 2.36. The first-order chi connectivity index (χ1) is 7.65. The van der Waals surface area contributed by atoms with Crippen LogP contribution in [0.2, 0.25) is 0 Å². The van der Waals surface area contributed by atoms with E-state index < -0.39 is 0 Å². The van der Waals surface area contributed by atoms with Gasteiger partial charge in [-0.2, -0.15) is 0 Å². The van der Waals surface area contributed by atoms with Gasteiger partial charge in [0.05, 0.1) is 6.33 Å². The van der Waals surface area contributed by atoms with E-state index >= 15 is 0 Å². The summed E-state index contributed by atoms with van der Waals surface area (Å²) in [5, 5.41) is 7.26. The number of rotatable bonds is 3. The van der Waals surface area contributed by atoms with Gasteiger partial charge in [0, 0.05) is 12.7 Å². The fourth-order valence-corrected chi connectivity index (χ4v) is 1.61. The summed E-state index contributed by atoms with van der Waals surface area (Å²) >= 11 is 0. The number of imidazole rings is 1. The van der Waals surface area contributed by atoms with Crippen LogP contribution in [-0.2, 0) is 6.54 Å². The van der Waals surface area contributed by atoms with Crippen molar-refractivity contribution in [2.24, 2.45) is 5.73 Å². The molecule has 3 N–H and O–H groups in total. The summed E-state index contributed by atoms with van der Waals surface area (Å²) < 4.78 is 1.92. The Kier molecular flexibility index (Phi) is 2.72. The summed E-state index contributed by atoms with van der Waals surface area (Å²) in [5.74, 6) is 0.00277. The predicted molar refractivity (Wildman–Crippen MR) is 63.5 cm³/mol. The quantitative estimate of drug-likeness (QED) is 0.601. The fourth-order valence-electron chi connectivity index (χ4n) is 1.61. The lowest BCUT2D eigenvalue weighted by molar-refractivity contribution is 0.796. The zero-order valence-corrected chi connectivity index (χ0v) is 9.14. The van der Waals surface area contributed by atoms with Gasteiger partial charge in [-0.05, 0) is 12.5 Å². The standard InChI is InChI=1S/C12H14N4/c1-9-3-2-4-10(5-9)6-16-7-11(12(13)14)15-8-16/h2-5,7-8H,6H2,1H3,(H3,13,14). The van der Waals surface area contributed by atoms with Crippen LogP contribution in [0.25, 0.3) is 0 Å². The number of hydrogen-bond acceptors (Lipinski definition) is 2. The molecule has 0 atom stereocenters. The van der Waals surface area contributed by atoms with E-state index in [2.05, 4.69) is 30.1 Å². The highest BCUT2D eigenvalue weighted by atomic mass is 15.0. The molecule has 0 aliphatic carbocycles. The van der Waals surface area contributed by atoms with E-state index in [1.165, 1.54) is 11.1 Å². The number of nitrogens with zero attached hydrogens (tertiary/aromatic N) is 2. The molecule has 0 spiro atoms. The van der Waals surface area contributed by atoms with Crippen LogP contribution < -0.4 is 5.73 Å². The van der Waals surface area contributed by atoms with E-state index in [1.807, 2.05) is 10.6 Å². The molecule has 0 radical (unpaired) electrons. The Labute approximate surface area is 94.2 Å². The van der Waals surface area contributed by atoms with E-state index in [0.717, 1.165) is 6.54 Å². The lowest BCUT2D eigenvalue weighted by Crippen LogP contribution is -2.11. The summed E-state index contributed by atoms with van der Waals surface area (Å²) in [5.41, 5.74) is 8.33. The third kappa shape index (κ3) is 2.28. The van der Waals surface area contributed by atoms with Crippen molar-refractivity contribution in [2.75, 3.05) is 0 Å². The van der Waals surface area contributed by atoms with Crippen LogP contribution >= 0.6 is 0 Å². The Morgan fingerprint density at radius 3 is 2.94 bits per heavy atom. The third-order valence-corrected chi connectivity index (χ3v) is 2.36. The minimum Gasteiger partial charge on any atom is -0.382 e. The van der Waals surface area contributed by atoms with Crippen LogP contribution in [0.15, 0.2) is 36.8 Å². The van der Waals surface area contributed by atoms with E-state index in [-0.39, 0.29) is 5.84 Å². The maximum atomic E-state index is 7.26. The first kappa shape index (κ1) is 10.4. The van der Waals surface area contributed by atoms with Gasteiger partial charge in [-0.25, -0.2) is 4.98 Å². The molecule has 0 fully saturated rings. The molecule has 0 aliphatic rings. The highest BCUT2D eigenvalue weighted by molar-refractivity contribution is 5.92. The van der Waals surface area contributed by atoms with Gasteiger partial charge in [-0.3, -0.25) is 5.41 Å². The van der Waals surface area contributed by atoms with Crippen LogP contribution in [0.4, 0.5) is 0 Å². The van der Waals surface area contributed by atoms with Crippen LogP contribution in [0, 0.1) is 12.3 Å². The zero-order valence-electron chi connectivity index (χ0n) is 9.14. The highest BCUT2D eigenvalue weighted by Crippen LogP contribution is 2.06. The van der Waals surface area contributed by atoms with E-state index in [9.17, 15) is 0 Å². The van der Waals surface area contributed by atoms with E-state index in [0.29, 0.717) is 5.69 Å². The second kappa shape index (κ2) is 4.18. The number of aromatic nitrogens is 2. The molecule has 0 saturated heterocycles. The summed E-state index contributed by atoms with van der Waals surface area (Å²) in [6, 6.07) is 8.31. The number of nitrogens with one attached hydrogen (secondary N) is 1. The number of nitrogens with two attached hydrogens (primary N) is 1. The zero-order chi connectivity index (χ0) is 11.5. The Morgan fingerprint density at radius 2 is 2.31 bits per heavy atom. The van der Waals surface area contributed by atoms with Crippen molar-refractivity contribution >= 4 is 5.84 Å². The number of nitrogen functional groups attached to an aromatic ring is 1. The van der Waals surface area contributed by atoms with Crippen LogP contribution in [0.5, 0.6) is 0 Å². The molecule has 0 unspecified atom stereocenters. The Balaban J connectivity index is 2.17. The monoisotopic (exact) mass is 214 g/mol. The Bertz CT molecular complexity index is 513. The molecular weight excluding hydrogens is 200 g/mol. The van der Waals surface area contributed by atoms with Gasteiger partial charge in [0.1, 0.15) is 11.5 Å². The number of amidine groups is 1. The van der Waals surface area contributed by atoms with Gasteiger partial charge < -0.3 is 10.3 Å². The average Bonchev–Trinajstić information content (AvgIpc) is 2.66. The maximum absolute atomic E-state index is 7.26. The molecule has 0 aliphatic heterocycles. The smallest absolute Gasteiger partial charge is 0.143 e. The first-order valence-electron chi connectivity index (χ1n) is 5.07. The minimum absolute atomic E-state index is 0.00277. The van der Waals surface area contributed by atoms with Crippen LogP contribution in [-0.4, -0.2) is 15.4 Å². The molecule has 4 heteroatoms. The number of aryl methyl sites for hydroxylation is 1. The molecule has 0 saturated carbocycles. The highest BCUT2D eigenvalue weighted by Gasteiger charge is 2.01. The van der Waals surface area contributed by atoms with Gasteiger partial charge in [-0.1, -0.05) is 29.8 Å². The second-order valence-corrected chi connectivity index (χ2v) is 3.83. The van der Waals surface area contributed by atoms with Crippen molar-refractivity contribution in [3.63, 3.8) is 0 Å². The van der Waals surface area contributed by atoms with Crippen molar-refractivity contribution < 1.29 is 0 Å². The number of benzene rings is 1. The van der Waals surface area contributed by atoms with Gasteiger partial charge in [0.15, 0.2) is 0 Å². The molecule has 1 aromatic carbocycles. The van der Waals surface area contributed by atoms with Crippen molar-refractivity contribution in [3.05, 3.63) is 53.6 Å². The predicted octanol–water partition coefficient (Wildman–Crippen LogP) is 1.52. The van der Waals surface area contributed by atoms with Crippen molar-refractivity contribution in [1.82, 2.24) is 9.55 Å². The van der Waals surface area contributed by atoms with Crippen molar-refractivity contribution in [2.45, 2.75) is 13.5 Å². The molecule has 16 heavy (non-hydrogen) atoms. The minimum atomic E-state index is 0.00277. The SMILES string of the molecule is Cc1cccc(Cn2cnc(C(=N)N)c2)c1. The molecule has 0 amide bonds. The lowest BCUT2D eigenvalue weighted by atomic mass is 10.1. The van der Waals surface area contributed by atoms with Crippen LogP contribution in [0.1, 0.15) is 16.8 Å².